The van der Waals surface area contributed by atoms with Gasteiger partial charge in [0.15, 0.2) is 0 Å². The number of nitrogens with zero attached hydrogens (tertiary/aromatic N) is 4. The second-order valence-corrected chi connectivity index (χ2v) is 8.31. The molecular weight excluding hydrogens is 300 g/mol. The molecule has 1 atom stereocenters. The van der Waals surface area contributed by atoms with Crippen molar-refractivity contribution >= 4 is 0 Å². The van der Waals surface area contributed by atoms with Crippen molar-refractivity contribution in [2.24, 2.45) is 13.0 Å². The van der Waals surface area contributed by atoms with Crippen LogP contribution in [0.5, 0.6) is 0 Å². The summed E-state index contributed by atoms with van der Waals surface area (Å²) in [4.78, 5) is 5.26. The van der Waals surface area contributed by atoms with Gasteiger partial charge in [-0.05, 0) is 51.5 Å². The number of aryl methyl sites for hydroxylation is 1. The summed E-state index contributed by atoms with van der Waals surface area (Å²) in [6.45, 7) is 5.38. The fourth-order valence-electron chi connectivity index (χ4n) is 4.58. The number of aromatic nitrogens is 2. The Hall–Kier alpha value is -0.910. The monoisotopic (exact) mass is 332 g/mol. The molecule has 4 rings (SSSR count). The maximum atomic E-state index is 5.99. The Kier molecular flexibility index (Phi) is 4.67. The standard InChI is InChI=1S/C19H32N4O/c1-21-12-17(11-20-21)13-23-9-7-19(8-10-23)6-5-18(22(19)2)15-24-14-16-3-4-16/h11-12,16,18H,3-10,13-15H2,1-2H3. The number of piperidine rings is 1. The number of rotatable bonds is 6. The highest BCUT2D eigenvalue weighted by Crippen LogP contribution is 2.41. The molecule has 1 saturated carbocycles. The maximum Gasteiger partial charge on any atom is 0.0622 e. The van der Waals surface area contributed by atoms with E-state index in [1.54, 1.807) is 0 Å². The van der Waals surface area contributed by atoms with E-state index < -0.39 is 0 Å². The Balaban J connectivity index is 1.26. The highest BCUT2D eigenvalue weighted by Gasteiger charge is 2.45. The lowest BCUT2D eigenvalue weighted by molar-refractivity contribution is 0.0162. The van der Waals surface area contributed by atoms with Crippen molar-refractivity contribution in [1.29, 1.82) is 0 Å². The van der Waals surface area contributed by atoms with Gasteiger partial charge < -0.3 is 4.74 Å². The van der Waals surface area contributed by atoms with Gasteiger partial charge in [-0.15, -0.1) is 0 Å². The first-order valence-corrected chi connectivity index (χ1v) is 9.65. The summed E-state index contributed by atoms with van der Waals surface area (Å²) >= 11 is 0. The SMILES string of the molecule is CN1C(COCC2CC2)CCC12CCN(Cc1cnn(C)c1)CC2. The Morgan fingerprint density at radius 3 is 2.58 bits per heavy atom. The molecular formula is C19H32N4O. The lowest BCUT2D eigenvalue weighted by Crippen LogP contribution is -2.52. The van der Waals surface area contributed by atoms with E-state index in [0.717, 1.165) is 25.7 Å². The molecule has 3 heterocycles. The van der Waals surface area contributed by atoms with Crippen LogP contribution in [0.15, 0.2) is 12.4 Å². The lowest BCUT2D eigenvalue weighted by atomic mass is 9.85. The molecule has 0 aromatic carbocycles. The van der Waals surface area contributed by atoms with E-state index in [-0.39, 0.29) is 0 Å². The van der Waals surface area contributed by atoms with Gasteiger partial charge in [-0.25, -0.2) is 0 Å². The minimum Gasteiger partial charge on any atom is -0.380 e. The third-order valence-electron chi connectivity index (χ3n) is 6.55. The molecule has 5 heteroatoms. The predicted octanol–water partition coefficient (Wildman–Crippen LogP) is 2.28. The average Bonchev–Trinajstić information content (AvgIpc) is 3.25. The fourth-order valence-corrected chi connectivity index (χ4v) is 4.58. The molecule has 1 aromatic rings. The van der Waals surface area contributed by atoms with Crippen LogP contribution in [0.1, 0.15) is 44.1 Å². The van der Waals surface area contributed by atoms with Crippen LogP contribution in [0, 0.1) is 5.92 Å². The van der Waals surface area contributed by atoms with Gasteiger partial charge in [-0.3, -0.25) is 14.5 Å². The second kappa shape index (κ2) is 6.77. The molecule has 1 aromatic heterocycles. The zero-order valence-electron chi connectivity index (χ0n) is 15.3. The zero-order chi connectivity index (χ0) is 16.6. The third kappa shape index (κ3) is 3.53. The zero-order valence-corrected chi connectivity index (χ0v) is 15.3. The van der Waals surface area contributed by atoms with Gasteiger partial charge in [0.25, 0.3) is 0 Å². The summed E-state index contributed by atoms with van der Waals surface area (Å²) in [6.07, 6.45) is 12.2. The highest BCUT2D eigenvalue weighted by molar-refractivity contribution is 5.06. The van der Waals surface area contributed by atoms with E-state index in [0.29, 0.717) is 11.6 Å². The number of hydrogen-bond acceptors (Lipinski definition) is 4. The smallest absolute Gasteiger partial charge is 0.0622 e. The van der Waals surface area contributed by atoms with Gasteiger partial charge in [0, 0.05) is 56.6 Å². The van der Waals surface area contributed by atoms with E-state index in [1.165, 1.54) is 57.2 Å². The van der Waals surface area contributed by atoms with Gasteiger partial charge in [-0.1, -0.05) is 0 Å². The van der Waals surface area contributed by atoms with Crippen LogP contribution >= 0.6 is 0 Å². The van der Waals surface area contributed by atoms with Crippen LogP contribution in [0.25, 0.3) is 0 Å². The Morgan fingerprint density at radius 2 is 1.92 bits per heavy atom. The molecule has 3 fully saturated rings. The number of likely N-dealkylation sites (N-methyl/N-ethyl adjacent to an activating group) is 1. The molecule has 1 unspecified atom stereocenters. The quantitative estimate of drug-likeness (QED) is 0.800. The van der Waals surface area contributed by atoms with Crippen molar-refractivity contribution in [3.8, 4) is 0 Å². The predicted molar refractivity (Wildman–Crippen MR) is 94.8 cm³/mol. The molecule has 0 amide bonds. The van der Waals surface area contributed by atoms with Crippen LogP contribution in [0.2, 0.25) is 0 Å². The average molecular weight is 332 g/mol. The van der Waals surface area contributed by atoms with Gasteiger partial charge in [0.2, 0.25) is 0 Å². The van der Waals surface area contributed by atoms with Crippen molar-refractivity contribution in [1.82, 2.24) is 19.6 Å². The van der Waals surface area contributed by atoms with E-state index >= 15 is 0 Å². The first kappa shape index (κ1) is 16.6. The number of likely N-dealkylation sites (tertiary alicyclic amines) is 2. The molecule has 0 bridgehead atoms. The Morgan fingerprint density at radius 1 is 1.12 bits per heavy atom. The normalized spacial score (nSPS) is 28.0. The molecule has 2 aliphatic heterocycles. The largest absolute Gasteiger partial charge is 0.380 e. The summed E-state index contributed by atoms with van der Waals surface area (Å²) in [6, 6.07) is 0.633. The molecule has 0 N–H and O–H groups in total. The second-order valence-electron chi connectivity index (χ2n) is 8.31. The van der Waals surface area contributed by atoms with E-state index in [9.17, 15) is 0 Å². The fraction of sp³-hybridized carbons (Fsp3) is 0.842. The van der Waals surface area contributed by atoms with Crippen LogP contribution in [-0.4, -0.2) is 64.5 Å². The van der Waals surface area contributed by atoms with E-state index in [1.807, 2.05) is 17.9 Å². The van der Waals surface area contributed by atoms with Crippen molar-refractivity contribution in [2.45, 2.75) is 56.7 Å². The van der Waals surface area contributed by atoms with Gasteiger partial charge in [-0.2, -0.15) is 5.10 Å². The number of hydrogen-bond donors (Lipinski definition) is 0. The molecule has 134 valence electrons. The molecule has 1 aliphatic carbocycles. The van der Waals surface area contributed by atoms with Crippen LogP contribution < -0.4 is 0 Å². The molecule has 3 aliphatic rings. The molecule has 0 radical (unpaired) electrons. The molecule has 1 spiro atoms. The summed E-state index contributed by atoms with van der Waals surface area (Å²) in [5, 5.41) is 4.29. The van der Waals surface area contributed by atoms with Crippen LogP contribution in [0.4, 0.5) is 0 Å². The van der Waals surface area contributed by atoms with Gasteiger partial charge in [0.05, 0.1) is 12.8 Å². The van der Waals surface area contributed by atoms with Crippen molar-refractivity contribution < 1.29 is 4.74 Å². The van der Waals surface area contributed by atoms with E-state index in [2.05, 4.69) is 28.1 Å². The Bertz CT molecular complexity index is 545. The third-order valence-corrected chi connectivity index (χ3v) is 6.55. The first-order chi connectivity index (χ1) is 11.6. The minimum absolute atomic E-state index is 0.430. The molecule has 24 heavy (non-hydrogen) atoms. The summed E-state index contributed by atoms with van der Waals surface area (Å²) in [5.74, 6) is 0.876. The minimum atomic E-state index is 0.430. The summed E-state index contributed by atoms with van der Waals surface area (Å²) < 4.78 is 7.89. The van der Waals surface area contributed by atoms with Crippen LogP contribution in [0.3, 0.4) is 0 Å². The number of ether oxygens (including phenoxy) is 1. The Labute approximate surface area is 145 Å². The van der Waals surface area contributed by atoms with Gasteiger partial charge in [0.1, 0.15) is 0 Å². The maximum absolute atomic E-state index is 5.99. The molecule has 2 saturated heterocycles. The van der Waals surface area contributed by atoms with Crippen molar-refractivity contribution in [3.05, 3.63) is 18.0 Å². The van der Waals surface area contributed by atoms with Crippen LogP contribution in [-0.2, 0) is 18.3 Å². The van der Waals surface area contributed by atoms with Crippen molar-refractivity contribution in [3.63, 3.8) is 0 Å². The lowest BCUT2D eigenvalue weighted by Gasteiger charge is -2.45. The topological polar surface area (TPSA) is 33.5 Å². The van der Waals surface area contributed by atoms with E-state index in [4.69, 9.17) is 4.74 Å². The van der Waals surface area contributed by atoms with Gasteiger partial charge >= 0.3 is 0 Å². The first-order valence-electron chi connectivity index (χ1n) is 9.65. The molecule has 5 nitrogen and oxygen atoms in total. The summed E-state index contributed by atoms with van der Waals surface area (Å²) in [5.41, 5.74) is 1.76. The van der Waals surface area contributed by atoms with Crippen molar-refractivity contribution in [2.75, 3.05) is 33.4 Å². The summed E-state index contributed by atoms with van der Waals surface area (Å²) in [7, 11) is 4.34. The highest BCUT2D eigenvalue weighted by atomic mass is 16.5.